The third-order valence-electron chi connectivity index (χ3n) is 4.78. The minimum absolute atomic E-state index is 0.0126. The predicted molar refractivity (Wildman–Crippen MR) is 104 cm³/mol. The molecule has 160 valence electrons. The van der Waals surface area contributed by atoms with Gasteiger partial charge in [0.2, 0.25) is 0 Å². The Morgan fingerprint density at radius 1 is 1.23 bits per heavy atom. The number of aromatic nitrogens is 1. The number of nitrogens with zero attached hydrogens (tertiary/aromatic N) is 3. The van der Waals surface area contributed by atoms with Crippen molar-refractivity contribution >= 4 is 11.4 Å². The van der Waals surface area contributed by atoms with Crippen LogP contribution in [-0.2, 0) is 0 Å². The lowest BCUT2D eigenvalue weighted by molar-refractivity contribution is -0.0521. The van der Waals surface area contributed by atoms with Crippen molar-refractivity contribution in [1.29, 1.82) is 0 Å². The van der Waals surface area contributed by atoms with Crippen LogP contribution in [0.1, 0.15) is 42.7 Å². The van der Waals surface area contributed by atoms with E-state index in [2.05, 4.69) is 21.3 Å². The molecule has 0 N–H and O–H groups in total. The van der Waals surface area contributed by atoms with E-state index >= 15 is 4.39 Å². The summed E-state index contributed by atoms with van der Waals surface area (Å²) >= 11 is 0. The fourth-order valence-electron chi connectivity index (χ4n) is 3.46. The highest BCUT2D eigenvalue weighted by molar-refractivity contribution is 6.17. The molecule has 0 saturated heterocycles. The summed E-state index contributed by atoms with van der Waals surface area (Å²) in [5.41, 5.74) is -0.0395. The number of anilines is 1. The minimum Gasteiger partial charge on any atom is -0.432 e. The first-order valence-electron chi connectivity index (χ1n) is 9.08. The molecule has 1 aromatic carbocycles. The maximum Gasteiger partial charge on any atom is 0.387 e. The second-order valence-corrected chi connectivity index (χ2v) is 7.23. The van der Waals surface area contributed by atoms with Gasteiger partial charge < -0.3 is 9.64 Å². The number of fused-ring (bicyclic) bond motifs is 1. The Morgan fingerprint density at radius 2 is 1.93 bits per heavy atom. The molecular weight excluding hydrogens is 405 g/mol. The van der Waals surface area contributed by atoms with Gasteiger partial charge in [-0.15, -0.1) is 6.58 Å². The summed E-state index contributed by atoms with van der Waals surface area (Å²) in [7, 11) is 0. The van der Waals surface area contributed by atoms with Crippen molar-refractivity contribution in [2.75, 3.05) is 11.4 Å². The second kappa shape index (κ2) is 8.04. The molecule has 0 radical (unpaired) electrons. The minimum atomic E-state index is -3.19. The molecule has 3 rings (SSSR count). The van der Waals surface area contributed by atoms with Crippen LogP contribution in [0.15, 0.2) is 42.0 Å². The fraction of sp³-hybridized carbons (Fsp3) is 0.333. The molecule has 0 fully saturated rings. The summed E-state index contributed by atoms with van der Waals surface area (Å²) in [5.74, 6) is -1.57. The monoisotopic (exact) mass is 425 g/mol. The average molecular weight is 425 g/mol. The maximum atomic E-state index is 15.3. The van der Waals surface area contributed by atoms with E-state index in [4.69, 9.17) is 0 Å². The molecule has 4 nitrogen and oxygen atoms in total. The molecule has 2 heterocycles. The normalized spacial score (nSPS) is 15.3. The van der Waals surface area contributed by atoms with E-state index in [0.29, 0.717) is 16.8 Å². The number of aryl methyl sites for hydroxylation is 1. The third kappa shape index (κ3) is 3.88. The number of halogens is 5. The highest BCUT2D eigenvalue weighted by atomic mass is 19.3. The molecule has 0 bridgehead atoms. The second-order valence-electron chi connectivity index (χ2n) is 7.23. The summed E-state index contributed by atoms with van der Waals surface area (Å²) in [6.07, 6.45) is 0.0539. The van der Waals surface area contributed by atoms with Crippen LogP contribution in [0.25, 0.3) is 0 Å². The third-order valence-corrected chi connectivity index (χ3v) is 4.78. The number of pyridine rings is 1. The number of hydrogen-bond donors (Lipinski definition) is 0. The predicted octanol–water partition coefficient (Wildman–Crippen LogP) is 5.65. The Labute approximate surface area is 170 Å². The Balaban J connectivity index is 2.23. The maximum absolute atomic E-state index is 15.3. The molecule has 0 aliphatic carbocycles. The van der Waals surface area contributed by atoms with Crippen LogP contribution in [0.4, 0.5) is 27.6 Å². The van der Waals surface area contributed by atoms with Gasteiger partial charge >= 0.3 is 6.61 Å². The first-order valence-corrected chi connectivity index (χ1v) is 9.08. The van der Waals surface area contributed by atoms with Crippen LogP contribution in [0.3, 0.4) is 0 Å². The molecular formula is C21H20F5N3O. The molecule has 1 aromatic heterocycles. The number of alkyl halides is 4. The standard InChI is InChI=1S/C21H20F5N3O/c1-5-8-29-18-13(6-7-14(15(18)22)30-20(25)26)17(28-21(29,3)4)12-9-11(2)16(19(23)24)27-10-12/h5-7,9-10,19-20H,1,8H2,2-4H3. The van der Waals surface area contributed by atoms with Crippen molar-refractivity contribution in [3.05, 3.63) is 65.3 Å². The van der Waals surface area contributed by atoms with Gasteiger partial charge in [-0.1, -0.05) is 6.08 Å². The molecule has 30 heavy (non-hydrogen) atoms. The van der Waals surface area contributed by atoms with Gasteiger partial charge in [0.05, 0.1) is 11.4 Å². The zero-order valence-electron chi connectivity index (χ0n) is 16.6. The lowest BCUT2D eigenvalue weighted by Crippen LogP contribution is -2.47. The SMILES string of the molecule is C=CCN1c2c(ccc(OC(F)F)c2F)C(c2cnc(C(F)F)c(C)c2)=NC1(C)C. The van der Waals surface area contributed by atoms with Gasteiger partial charge in [0.25, 0.3) is 6.43 Å². The number of ether oxygens (including phenoxy) is 1. The van der Waals surface area contributed by atoms with E-state index in [1.807, 2.05) is 0 Å². The molecule has 0 amide bonds. The lowest BCUT2D eigenvalue weighted by atomic mass is 9.94. The van der Waals surface area contributed by atoms with Gasteiger partial charge in [-0.2, -0.15) is 8.78 Å². The number of rotatable bonds is 6. The van der Waals surface area contributed by atoms with E-state index in [9.17, 15) is 17.6 Å². The van der Waals surface area contributed by atoms with Gasteiger partial charge in [0.1, 0.15) is 11.4 Å². The lowest BCUT2D eigenvalue weighted by Gasteiger charge is -2.42. The van der Waals surface area contributed by atoms with Crippen LogP contribution in [0, 0.1) is 12.7 Å². The number of aliphatic imine (C=N–C) groups is 1. The van der Waals surface area contributed by atoms with Crippen molar-refractivity contribution in [2.45, 2.75) is 39.5 Å². The molecule has 0 unspecified atom stereocenters. The topological polar surface area (TPSA) is 37.7 Å². The molecule has 1 aliphatic rings. The van der Waals surface area contributed by atoms with Gasteiger partial charge in [-0.25, -0.2) is 13.2 Å². The molecule has 1 aliphatic heterocycles. The molecule has 0 atom stereocenters. The van der Waals surface area contributed by atoms with Gasteiger partial charge in [0.15, 0.2) is 11.6 Å². The highest BCUT2D eigenvalue weighted by Gasteiger charge is 2.37. The average Bonchev–Trinajstić information content (AvgIpc) is 2.65. The summed E-state index contributed by atoms with van der Waals surface area (Å²) in [6.45, 7) is 5.59. The van der Waals surface area contributed by atoms with Crippen LogP contribution >= 0.6 is 0 Å². The van der Waals surface area contributed by atoms with Crippen molar-refractivity contribution in [3.63, 3.8) is 0 Å². The highest BCUT2D eigenvalue weighted by Crippen LogP contribution is 2.41. The van der Waals surface area contributed by atoms with E-state index in [-0.39, 0.29) is 23.5 Å². The Kier molecular flexibility index (Phi) is 5.83. The zero-order chi connectivity index (χ0) is 22.2. The van der Waals surface area contributed by atoms with Crippen molar-refractivity contribution in [2.24, 2.45) is 4.99 Å². The van der Waals surface area contributed by atoms with Crippen molar-refractivity contribution < 1.29 is 26.7 Å². The molecule has 2 aromatic rings. The first-order chi connectivity index (χ1) is 14.1. The van der Waals surface area contributed by atoms with E-state index in [1.165, 1.54) is 31.3 Å². The van der Waals surface area contributed by atoms with Gasteiger partial charge in [-0.3, -0.25) is 9.98 Å². The zero-order valence-corrected chi connectivity index (χ0v) is 16.6. The Morgan fingerprint density at radius 3 is 2.50 bits per heavy atom. The summed E-state index contributed by atoms with van der Waals surface area (Å²) in [6, 6.07) is 4.00. The summed E-state index contributed by atoms with van der Waals surface area (Å²) in [4.78, 5) is 10.1. The van der Waals surface area contributed by atoms with Gasteiger partial charge in [-0.05, 0) is 44.5 Å². The van der Waals surface area contributed by atoms with Crippen LogP contribution in [0.2, 0.25) is 0 Å². The summed E-state index contributed by atoms with van der Waals surface area (Å²) in [5, 5.41) is 0. The van der Waals surface area contributed by atoms with E-state index in [0.717, 1.165) is 6.07 Å². The molecule has 0 spiro atoms. The Hall–Kier alpha value is -2.97. The van der Waals surface area contributed by atoms with Crippen molar-refractivity contribution in [3.8, 4) is 5.75 Å². The quantitative estimate of drug-likeness (QED) is 0.444. The van der Waals surface area contributed by atoms with E-state index in [1.54, 1.807) is 18.7 Å². The van der Waals surface area contributed by atoms with E-state index < -0.39 is 30.3 Å². The molecule has 0 saturated carbocycles. The van der Waals surface area contributed by atoms with Gasteiger partial charge in [0, 0.05) is 23.9 Å². The molecule has 9 heteroatoms. The number of hydrogen-bond acceptors (Lipinski definition) is 4. The largest absolute Gasteiger partial charge is 0.432 e. The smallest absolute Gasteiger partial charge is 0.387 e. The van der Waals surface area contributed by atoms with Crippen LogP contribution < -0.4 is 9.64 Å². The number of benzene rings is 1. The van der Waals surface area contributed by atoms with Crippen LogP contribution in [0.5, 0.6) is 5.75 Å². The first kappa shape index (κ1) is 21.7. The van der Waals surface area contributed by atoms with Crippen molar-refractivity contribution in [1.82, 2.24) is 4.98 Å². The van der Waals surface area contributed by atoms with Crippen LogP contribution in [-0.4, -0.2) is 29.5 Å². The fourth-order valence-corrected chi connectivity index (χ4v) is 3.46. The summed E-state index contributed by atoms with van der Waals surface area (Å²) < 4.78 is 71.1. The Bertz CT molecular complexity index is 1000.